The molecule has 3 aromatic carbocycles. The highest BCUT2D eigenvalue weighted by Crippen LogP contribution is 2.38. The van der Waals surface area contributed by atoms with E-state index in [0.717, 1.165) is 16.8 Å². The molecule has 0 radical (unpaired) electrons. The lowest BCUT2D eigenvalue weighted by Crippen LogP contribution is -2.29. The maximum Gasteiger partial charge on any atom is 0.265 e. The lowest BCUT2D eigenvalue weighted by molar-refractivity contribution is -0.119. The Morgan fingerprint density at radius 2 is 1.75 bits per heavy atom. The fraction of sp³-hybridized carbons (Fsp3) is 0.192. The van der Waals surface area contributed by atoms with Crippen molar-refractivity contribution in [2.75, 3.05) is 19.1 Å². The average molecular weight is 425 g/mol. The Kier molecular flexibility index (Phi) is 4.78. The predicted molar refractivity (Wildman–Crippen MR) is 125 cm³/mol. The number of fused-ring (bicyclic) bond motifs is 2. The van der Waals surface area contributed by atoms with Crippen molar-refractivity contribution in [2.45, 2.75) is 19.3 Å². The predicted octanol–water partition coefficient (Wildman–Crippen LogP) is 4.01. The van der Waals surface area contributed by atoms with Crippen LogP contribution in [-0.4, -0.2) is 29.6 Å². The summed E-state index contributed by atoms with van der Waals surface area (Å²) in [7, 11) is 3.40. The van der Waals surface area contributed by atoms with Crippen molar-refractivity contribution in [3.05, 3.63) is 94.0 Å². The number of ether oxygens (including phenoxy) is 1. The van der Waals surface area contributed by atoms with Crippen LogP contribution in [0.1, 0.15) is 22.9 Å². The standard InChI is InChI=1S/C26H23N3O3/c1-16-8-13-23-20(14-16)21(25(30)28(23)2)15-24-27-22-7-5-4-6-19(22)26(31)29(24)17-9-11-18(32-3)12-10-17/h4-14,21H,15H2,1-3H3/t21-/m1/s1. The first kappa shape index (κ1) is 20.0. The van der Waals surface area contributed by atoms with Crippen molar-refractivity contribution in [1.29, 1.82) is 0 Å². The van der Waals surface area contributed by atoms with E-state index in [9.17, 15) is 9.59 Å². The zero-order valence-electron chi connectivity index (χ0n) is 18.2. The number of anilines is 1. The number of benzene rings is 3. The van der Waals surface area contributed by atoms with Gasteiger partial charge < -0.3 is 9.64 Å². The van der Waals surface area contributed by atoms with Crippen LogP contribution in [-0.2, 0) is 11.2 Å². The smallest absolute Gasteiger partial charge is 0.265 e. The van der Waals surface area contributed by atoms with E-state index < -0.39 is 5.92 Å². The highest BCUT2D eigenvalue weighted by molar-refractivity contribution is 6.04. The van der Waals surface area contributed by atoms with Gasteiger partial charge in [-0.05, 0) is 55.0 Å². The molecule has 6 nitrogen and oxygen atoms in total. The fourth-order valence-corrected chi connectivity index (χ4v) is 4.44. The highest BCUT2D eigenvalue weighted by atomic mass is 16.5. The van der Waals surface area contributed by atoms with Gasteiger partial charge >= 0.3 is 0 Å². The number of hydrogen-bond acceptors (Lipinski definition) is 4. The van der Waals surface area contributed by atoms with Gasteiger partial charge in [0.1, 0.15) is 11.6 Å². The van der Waals surface area contributed by atoms with Crippen LogP contribution in [0.4, 0.5) is 5.69 Å². The van der Waals surface area contributed by atoms with Crippen LogP contribution in [0.15, 0.2) is 71.5 Å². The minimum absolute atomic E-state index is 0.00860. The third-order valence-corrected chi connectivity index (χ3v) is 6.11. The molecule has 6 heteroatoms. The highest BCUT2D eigenvalue weighted by Gasteiger charge is 2.36. The molecule has 5 rings (SSSR count). The normalized spacial score (nSPS) is 15.3. The third kappa shape index (κ3) is 3.15. The van der Waals surface area contributed by atoms with Crippen molar-refractivity contribution in [1.82, 2.24) is 9.55 Å². The molecule has 1 aliphatic rings. The van der Waals surface area contributed by atoms with Gasteiger partial charge in [-0.3, -0.25) is 14.2 Å². The molecular weight excluding hydrogens is 402 g/mol. The second-order valence-electron chi connectivity index (χ2n) is 8.10. The first-order chi connectivity index (χ1) is 15.5. The Balaban J connectivity index is 1.69. The van der Waals surface area contributed by atoms with E-state index in [2.05, 4.69) is 6.07 Å². The molecule has 4 aromatic rings. The number of hydrogen-bond donors (Lipinski definition) is 0. The van der Waals surface area contributed by atoms with E-state index >= 15 is 0 Å². The molecule has 1 aliphatic heterocycles. The molecule has 0 saturated heterocycles. The van der Waals surface area contributed by atoms with Crippen molar-refractivity contribution in [3.8, 4) is 11.4 Å². The molecule has 32 heavy (non-hydrogen) atoms. The Morgan fingerprint density at radius 3 is 2.50 bits per heavy atom. The molecule has 0 aliphatic carbocycles. The topological polar surface area (TPSA) is 64.4 Å². The molecule has 0 N–H and O–H groups in total. The largest absolute Gasteiger partial charge is 0.497 e. The first-order valence-corrected chi connectivity index (χ1v) is 10.5. The van der Waals surface area contributed by atoms with Crippen LogP contribution >= 0.6 is 0 Å². The number of carbonyl (C=O) groups excluding carboxylic acids is 1. The second-order valence-corrected chi connectivity index (χ2v) is 8.10. The zero-order chi connectivity index (χ0) is 22.4. The molecule has 2 heterocycles. The summed E-state index contributed by atoms with van der Waals surface area (Å²) in [5, 5.41) is 0.540. The molecule has 1 aromatic heterocycles. The number of likely N-dealkylation sites (N-methyl/N-ethyl adjacent to an activating group) is 1. The third-order valence-electron chi connectivity index (χ3n) is 6.11. The van der Waals surface area contributed by atoms with Gasteiger partial charge in [0.15, 0.2) is 0 Å². The van der Waals surface area contributed by atoms with E-state index in [-0.39, 0.29) is 11.5 Å². The Morgan fingerprint density at radius 1 is 1.00 bits per heavy atom. The van der Waals surface area contributed by atoms with E-state index in [0.29, 0.717) is 34.6 Å². The second kappa shape index (κ2) is 7.64. The lowest BCUT2D eigenvalue weighted by atomic mass is 9.95. The number of rotatable bonds is 4. The summed E-state index contributed by atoms with van der Waals surface area (Å²) in [6.45, 7) is 2.02. The average Bonchev–Trinajstić information content (AvgIpc) is 3.03. The van der Waals surface area contributed by atoms with Gasteiger partial charge in [0, 0.05) is 19.2 Å². The molecule has 0 unspecified atom stereocenters. The van der Waals surface area contributed by atoms with Gasteiger partial charge in [0.05, 0.1) is 29.6 Å². The number of amides is 1. The Hall–Kier alpha value is -3.93. The number of para-hydroxylation sites is 1. The van der Waals surface area contributed by atoms with Gasteiger partial charge in [-0.2, -0.15) is 0 Å². The molecule has 0 saturated carbocycles. The quantitative estimate of drug-likeness (QED) is 0.496. The van der Waals surface area contributed by atoms with E-state index in [1.807, 2.05) is 61.5 Å². The number of methoxy groups -OCH3 is 1. The van der Waals surface area contributed by atoms with Gasteiger partial charge in [0.25, 0.3) is 5.56 Å². The SMILES string of the molecule is COc1ccc(-n2c(C[C@H]3C(=O)N(C)c4ccc(C)cc43)nc3ccccc3c2=O)cc1. The summed E-state index contributed by atoms with van der Waals surface area (Å²) in [5.41, 5.74) is 4.13. The Bertz CT molecular complexity index is 1410. The van der Waals surface area contributed by atoms with E-state index in [1.54, 1.807) is 29.7 Å². The van der Waals surface area contributed by atoms with Crippen LogP contribution < -0.4 is 15.2 Å². The molecule has 1 atom stereocenters. The van der Waals surface area contributed by atoms with Crippen LogP contribution in [0.2, 0.25) is 0 Å². The Labute approximate surface area is 185 Å². The van der Waals surface area contributed by atoms with Gasteiger partial charge in [-0.1, -0.05) is 29.8 Å². The maximum absolute atomic E-state index is 13.5. The van der Waals surface area contributed by atoms with Crippen LogP contribution in [0.25, 0.3) is 16.6 Å². The van der Waals surface area contributed by atoms with Crippen molar-refractivity contribution < 1.29 is 9.53 Å². The number of nitrogens with zero attached hydrogens (tertiary/aromatic N) is 3. The number of aryl methyl sites for hydroxylation is 1. The van der Waals surface area contributed by atoms with Gasteiger partial charge in [0.2, 0.25) is 5.91 Å². The summed E-state index contributed by atoms with van der Waals surface area (Å²) in [5.74, 6) is 0.871. The van der Waals surface area contributed by atoms with Gasteiger partial charge in [-0.25, -0.2) is 4.98 Å². The summed E-state index contributed by atoms with van der Waals surface area (Å²) in [6.07, 6.45) is 0.325. The summed E-state index contributed by atoms with van der Waals surface area (Å²) in [4.78, 5) is 33.2. The molecule has 0 spiro atoms. The number of carbonyl (C=O) groups is 1. The summed E-state index contributed by atoms with van der Waals surface area (Å²) >= 11 is 0. The van der Waals surface area contributed by atoms with Crippen LogP contribution in [0.5, 0.6) is 5.75 Å². The summed E-state index contributed by atoms with van der Waals surface area (Å²) < 4.78 is 6.88. The lowest BCUT2D eigenvalue weighted by Gasteiger charge is -2.17. The maximum atomic E-state index is 13.5. The van der Waals surface area contributed by atoms with Crippen molar-refractivity contribution >= 4 is 22.5 Å². The molecule has 0 fully saturated rings. The molecular formula is C26H23N3O3. The number of aromatic nitrogens is 2. The minimum atomic E-state index is -0.396. The monoisotopic (exact) mass is 425 g/mol. The summed E-state index contributed by atoms with van der Waals surface area (Å²) in [6, 6.07) is 20.6. The molecule has 160 valence electrons. The van der Waals surface area contributed by atoms with Gasteiger partial charge in [-0.15, -0.1) is 0 Å². The van der Waals surface area contributed by atoms with Crippen molar-refractivity contribution in [2.24, 2.45) is 0 Å². The zero-order valence-corrected chi connectivity index (χ0v) is 18.2. The van der Waals surface area contributed by atoms with E-state index in [1.165, 1.54) is 0 Å². The fourth-order valence-electron chi connectivity index (χ4n) is 4.44. The van der Waals surface area contributed by atoms with Crippen molar-refractivity contribution in [3.63, 3.8) is 0 Å². The minimum Gasteiger partial charge on any atom is -0.497 e. The van der Waals surface area contributed by atoms with Crippen LogP contribution in [0.3, 0.4) is 0 Å². The molecule has 0 bridgehead atoms. The first-order valence-electron chi connectivity index (χ1n) is 10.5. The van der Waals surface area contributed by atoms with E-state index in [4.69, 9.17) is 9.72 Å². The van der Waals surface area contributed by atoms with Crippen LogP contribution in [0, 0.1) is 6.92 Å². The molecule has 1 amide bonds.